The normalized spacial score (nSPS) is 19.9. The second-order valence-corrected chi connectivity index (χ2v) is 11.6. The number of halogens is 2. The fourth-order valence-electron chi connectivity index (χ4n) is 5.38. The number of methoxy groups -OCH3 is 1. The average Bonchev–Trinajstić information content (AvgIpc) is 3.41. The number of hydrogen-bond donors (Lipinski definition) is 2. The SMILES string of the molecule is COC(=O)[C@H](Cc1ccccc1)NC(=O)C(F)(F)[C@H](NC(=O)[C@@H]1CCCN1C(=O)OC(C)(C)C)C1CCCCC1. The van der Waals surface area contributed by atoms with Crippen LogP contribution in [0.1, 0.15) is 71.3 Å². The maximum atomic E-state index is 16.0. The van der Waals surface area contributed by atoms with E-state index >= 15 is 8.78 Å². The summed E-state index contributed by atoms with van der Waals surface area (Å²) in [5.74, 6) is -7.95. The Morgan fingerprint density at radius 1 is 0.975 bits per heavy atom. The molecule has 1 saturated carbocycles. The third kappa shape index (κ3) is 8.14. The molecule has 2 aliphatic rings. The van der Waals surface area contributed by atoms with Crippen LogP contribution in [0.5, 0.6) is 0 Å². The summed E-state index contributed by atoms with van der Waals surface area (Å²) < 4.78 is 42.1. The predicted octanol–water partition coefficient (Wildman–Crippen LogP) is 3.99. The molecule has 0 aromatic heterocycles. The number of nitrogens with one attached hydrogen (secondary N) is 2. The Bertz CT molecular complexity index is 1040. The zero-order valence-corrected chi connectivity index (χ0v) is 23.7. The first-order chi connectivity index (χ1) is 18.8. The highest BCUT2D eigenvalue weighted by atomic mass is 19.3. The van der Waals surface area contributed by atoms with Gasteiger partial charge in [-0.2, -0.15) is 8.78 Å². The van der Waals surface area contributed by atoms with Gasteiger partial charge in [0.1, 0.15) is 23.7 Å². The molecule has 2 fully saturated rings. The number of likely N-dealkylation sites (tertiary alicyclic amines) is 1. The van der Waals surface area contributed by atoms with Crippen LogP contribution in [-0.2, 0) is 30.3 Å². The van der Waals surface area contributed by atoms with Gasteiger partial charge in [0.2, 0.25) is 5.91 Å². The van der Waals surface area contributed by atoms with Crippen LogP contribution in [0.2, 0.25) is 0 Å². The molecular formula is C29H41F2N3O6. The maximum absolute atomic E-state index is 16.0. The third-order valence-electron chi connectivity index (χ3n) is 7.37. The summed E-state index contributed by atoms with van der Waals surface area (Å²) in [5.41, 5.74) is -0.131. The minimum Gasteiger partial charge on any atom is -0.467 e. The van der Waals surface area contributed by atoms with Gasteiger partial charge in [-0.15, -0.1) is 0 Å². The van der Waals surface area contributed by atoms with Crippen LogP contribution in [0.4, 0.5) is 13.6 Å². The Kier molecular flexibility index (Phi) is 10.5. The van der Waals surface area contributed by atoms with Gasteiger partial charge in [-0.05, 0) is 57.9 Å². The number of alkyl halides is 2. The van der Waals surface area contributed by atoms with Crippen molar-refractivity contribution in [1.29, 1.82) is 0 Å². The van der Waals surface area contributed by atoms with E-state index in [2.05, 4.69) is 10.6 Å². The molecule has 0 spiro atoms. The van der Waals surface area contributed by atoms with Gasteiger partial charge >= 0.3 is 18.0 Å². The quantitative estimate of drug-likeness (QED) is 0.438. The molecule has 1 aromatic carbocycles. The maximum Gasteiger partial charge on any atom is 0.410 e. The molecule has 40 heavy (non-hydrogen) atoms. The second kappa shape index (κ2) is 13.4. The Balaban J connectivity index is 1.81. The van der Waals surface area contributed by atoms with Crippen LogP contribution >= 0.6 is 0 Å². The minimum atomic E-state index is -4.03. The van der Waals surface area contributed by atoms with Gasteiger partial charge < -0.3 is 20.1 Å². The molecule has 222 valence electrons. The highest BCUT2D eigenvalue weighted by Crippen LogP contribution is 2.35. The zero-order valence-electron chi connectivity index (χ0n) is 23.7. The topological polar surface area (TPSA) is 114 Å². The van der Waals surface area contributed by atoms with Crippen molar-refractivity contribution < 1.29 is 37.4 Å². The van der Waals surface area contributed by atoms with Gasteiger partial charge in [-0.25, -0.2) is 9.59 Å². The lowest BCUT2D eigenvalue weighted by atomic mass is 9.81. The highest BCUT2D eigenvalue weighted by Gasteiger charge is 2.53. The highest BCUT2D eigenvalue weighted by molar-refractivity contribution is 5.91. The summed E-state index contributed by atoms with van der Waals surface area (Å²) in [6, 6.07) is 4.53. The van der Waals surface area contributed by atoms with E-state index in [1.54, 1.807) is 51.1 Å². The molecule has 3 atom stereocenters. The Morgan fingerprint density at radius 3 is 2.23 bits per heavy atom. The summed E-state index contributed by atoms with van der Waals surface area (Å²) >= 11 is 0. The second-order valence-electron chi connectivity index (χ2n) is 11.6. The molecule has 11 heteroatoms. The number of rotatable bonds is 9. The molecule has 3 amide bonds. The minimum absolute atomic E-state index is 0.0390. The van der Waals surface area contributed by atoms with Crippen LogP contribution in [0.25, 0.3) is 0 Å². The number of carbonyl (C=O) groups excluding carboxylic acids is 4. The van der Waals surface area contributed by atoms with Crippen molar-refractivity contribution in [3.8, 4) is 0 Å². The van der Waals surface area contributed by atoms with E-state index in [-0.39, 0.29) is 13.0 Å². The van der Waals surface area contributed by atoms with E-state index in [0.717, 1.165) is 13.5 Å². The van der Waals surface area contributed by atoms with Gasteiger partial charge in [0, 0.05) is 13.0 Å². The standard InChI is InChI=1S/C29H41F2N3O6/c1-28(2,3)40-27(38)34-17-11-16-22(34)24(35)33-23(20-14-9-6-10-15-20)29(30,31)26(37)32-21(25(36)39-4)18-19-12-7-5-8-13-19/h5,7-8,12-13,20-23H,6,9-11,14-18H2,1-4H3,(H,32,37)(H,33,35)/t21-,22-,23+/m0/s1. The van der Waals surface area contributed by atoms with E-state index in [1.807, 2.05) is 0 Å². The van der Waals surface area contributed by atoms with Crippen LogP contribution < -0.4 is 10.6 Å². The largest absolute Gasteiger partial charge is 0.467 e. The van der Waals surface area contributed by atoms with Crippen LogP contribution in [0, 0.1) is 5.92 Å². The van der Waals surface area contributed by atoms with Gasteiger partial charge in [-0.1, -0.05) is 49.6 Å². The van der Waals surface area contributed by atoms with Crippen molar-refractivity contribution in [3.63, 3.8) is 0 Å². The Labute approximate surface area is 234 Å². The summed E-state index contributed by atoms with van der Waals surface area (Å²) in [6.45, 7) is 5.37. The van der Waals surface area contributed by atoms with Crippen molar-refractivity contribution in [2.45, 2.75) is 102 Å². The number of carbonyl (C=O) groups is 4. The first-order valence-corrected chi connectivity index (χ1v) is 13.9. The van der Waals surface area contributed by atoms with Crippen LogP contribution in [0.3, 0.4) is 0 Å². The van der Waals surface area contributed by atoms with Gasteiger partial charge in [0.15, 0.2) is 0 Å². The molecule has 0 unspecified atom stereocenters. The molecule has 1 aromatic rings. The zero-order chi connectivity index (χ0) is 29.5. The molecular weight excluding hydrogens is 524 g/mol. The number of benzene rings is 1. The van der Waals surface area contributed by atoms with E-state index in [0.29, 0.717) is 44.1 Å². The van der Waals surface area contributed by atoms with Crippen molar-refractivity contribution in [3.05, 3.63) is 35.9 Å². The predicted molar refractivity (Wildman–Crippen MR) is 144 cm³/mol. The van der Waals surface area contributed by atoms with E-state index < -0.39 is 59.4 Å². The van der Waals surface area contributed by atoms with Gasteiger partial charge in [0.25, 0.3) is 5.91 Å². The van der Waals surface area contributed by atoms with Crippen molar-refractivity contribution in [1.82, 2.24) is 15.5 Å². The fourth-order valence-corrected chi connectivity index (χ4v) is 5.38. The third-order valence-corrected chi connectivity index (χ3v) is 7.37. The molecule has 1 heterocycles. The number of hydrogen-bond acceptors (Lipinski definition) is 6. The average molecular weight is 566 g/mol. The molecule has 9 nitrogen and oxygen atoms in total. The van der Waals surface area contributed by atoms with Crippen molar-refractivity contribution in [2.75, 3.05) is 13.7 Å². The summed E-state index contributed by atoms with van der Waals surface area (Å²) in [7, 11) is 1.12. The number of nitrogens with zero attached hydrogens (tertiary/aromatic N) is 1. The molecule has 1 saturated heterocycles. The summed E-state index contributed by atoms with van der Waals surface area (Å²) in [6.07, 6.45) is 3.18. The first kappa shape index (κ1) is 31.3. The molecule has 0 radical (unpaired) electrons. The van der Waals surface area contributed by atoms with E-state index in [1.165, 1.54) is 4.90 Å². The fraction of sp³-hybridized carbons (Fsp3) is 0.655. The summed E-state index contributed by atoms with van der Waals surface area (Å²) in [5, 5.41) is 4.62. The van der Waals surface area contributed by atoms with Crippen molar-refractivity contribution in [2.24, 2.45) is 5.92 Å². The lowest BCUT2D eigenvalue weighted by Crippen LogP contribution is -2.63. The molecule has 3 rings (SSSR count). The lowest BCUT2D eigenvalue weighted by Gasteiger charge is -2.37. The smallest absolute Gasteiger partial charge is 0.410 e. The number of esters is 1. The molecule has 0 bridgehead atoms. The first-order valence-electron chi connectivity index (χ1n) is 13.9. The van der Waals surface area contributed by atoms with Gasteiger partial charge in [0.05, 0.1) is 7.11 Å². The Morgan fingerprint density at radius 2 is 1.62 bits per heavy atom. The number of amides is 3. The monoisotopic (exact) mass is 565 g/mol. The molecule has 1 aliphatic heterocycles. The van der Waals surface area contributed by atoms with E-state index in [4.69, 9.17) is 9.47 Å². The molecule has 2 N–H and O–H groups in total. The van der Waals surface area contributed by atoms with Gasteiger partial charge in [-0.3, -0.25) is 14.5 Å². The van der Waals surface area contributed by atoms with Crippen LogP contribution in [-0.4, -0.2) is 72.1 Å². The molecule has 1 aliphatic carbocycles. The Hall–Kier alpha value is -3.24. The van der Waals surface area contributed by atoms with Crippen LogP contribution in [0.15, 0.2) is 30.3 Å². The number of ether oxygens (including phenoxy) is 2. The lowest BCUT2D eigenvalue weighted by molar-refractivity contribution is -0.159. The summed E-state index contributed by atoms with van der Waals surface area (Å²) in [4.78, 5) is 52.8. The van der Waals surface area contributed by atoms with E-state index in [9.17, 15) is 19.2 Å². The van der Waals surface area contributed by atoms with Crippen molar-refractivity contribution >= 4 is 23.9 Å².